The third kappa shape index (κ3) is 4.66. The van der Waals surface area contributed by atoms with Gasteiger partial charge in [0, 0.05) is 0 Å². The third-order valence-electron chi connectivity index (χ3n) is 5.22. The van der Waals surface area contributed by atoms with E-state index in [4.69, 9.17) is 11.6 Å². The predicted molar refractivity (Wildman–Crippen MR) is 113 cm³/mol. The lowest BCUT2D eigenvalue weighted by Gasteiger charge is -2.21. The second kappa shape index (κ2) is 8.76. The van der Waals surface area contributed by atoms with Crippen molar-refractivity contribution in [3.63, 3.8) is 0 Å². The molecule has 3 aromatic rings. The Morgan fingerprint density at radius 2 is 1.93 bits per heavy atom. The van der Waals surface area contributed by atoms with Crippen molar-refractivity contribution in [1.29, 1.82) is 0 Å². The van der Waals surface area contributed by atoms with Crippen molar-refractivity contribution in [3.8, 4) is 5.69 Å². The van der Waals surface area contributed by atoms with Crippen molar-refractivity contribution in [2.75, 3.05) is 12.4 Å². The number of para-hydroxylation sites is 1. The molecule has 1 heterocycles. The van der Waals surface area contributed by atoms with E-state index in [1.54, 1.807) is 0 Å². The molecule has 0 aliphatic rings. The topological polar surface area (TPSA) is 51.4 Å². The molecule has 0 radical (unpaired) electrons. The van der Waals surface area contributed by atoms with Crippen LogP contribution in [0.25, 0.3) is 5.69 Å². The number of benzene rings is 2. The molecule has 0 saturated carbocycles. The fraction of sp³-hybridized carbons (Fsp3) is 0.273. The van der Waals surface area contributed by atoms with E-state index in [1.807, 2.05) is 62.8 Å². The number of aromatic nitrogens is 2. The number of likely N-dealkylation sites (N-methyl/N-ethyl adjacent to an activating group) is 1. The normalized spacial score (nSPS) is 13.2. The zero-order valence-electron chi connectivity index (χ0n) is 17.0. The molecular formula is C22H25ClFN4O+. The van der Waals surface area contributed by atoms with Crippen molar-refractivity contribution in [2.24, 2.45) is 0 Å². The molecule has 3 rings (SSSR count). The van der Waals surface area contributed by atoms with Gasteiger partial charge in [-0.1, -0.05) is 29.8 Å². The van der Waals surface area contributed by atoms with Gasteiger partial charge in [0.25, 0.3) is 5.91 Å². The summed E-state index contributed by atoms with van der Waals surface area (Å²) in [6.45, 7) is 6.53. The summed E-state index contributed by atoms with van der Waals surface area (Å²) in [5, 5.41) is 7.64. The average molecular weight is 416 g/mol. The minimum atomic E-state index is -0.440. The van der Waals surface area contributed by atoms with Gasteiger partial charge in [0.05, 0.1) is 40.4 Å². The van der Waals surface area contributed by atoms with Crippen molar-refractivity contribution >= 4 is 23.2 Å². The highest BCUT2D eigenvalue weighted by Crippen LogP contribution is 2.22. The number of carbonyl (C=O) groups is 1. The standard InChI is InChI=1S/C22H24ClFN4O/c1-14-19(15(2)28(26-14)18-8-6-5-7-9-18)13-27(4)16(3)22(29)25-21-11-10-17(24)12-20(21)23/h5-12,16H,13H2,1-4H3,(H,25,29)/p+1/t16-/m1/s1. The molecule has 2 N–H and O–H groups in total. The lowest BCUT2D eigenvalue weighted by Crippen LogP contribution is -3.12. The maximum Gasteiger partial charge on any atom is 0.282 e. The Bertz CT molecular complexity index is 1020. The van der Waals surface area contributed by atoms with Gasteiger partial charge in [0.2, 0.25) is 0 Å². The van der Waals surface area contributed by atoms with Crippen LogP contribution in [-0.2, 0) is 11.3 Å². The number of nitrogens with zero attached hydrogens (tertiary/aromatic N) is 2. The first-order valence-electron chi connectivity index (χ1n) is 9.46. The van der Waals surface area contributed by atoms with E-state index in [0.29, 0.717) is 12.2 Å². The summed E-state index contributed by atoms with van der Waals surface area (Å²) in [5.74, 6) is -0.619. The Kier molecular flexibility index (Phi) is 6.35. The molecule has 1 unspecified atom stereocenters. The summed E-state index contributed by atoms with van der Waals surface area (Å²) >= 11 is 6.02. The summed E-state index contributed by atoms with van der Waals surface area (Å²) in [6, 6.07) is 13.6. The van der Waals surface area contributed by atoms with Crippen LogP contribution in [0, 0.1) is 19.7 Å². The van der Waals surface area contributed by atoms with E-state index in [-0.39, 0.29) is 17.0 Å². The van der Waals surface area contributed by atoms with Crippen LogP contribution in [0.3, 0.4) is 0 Å². The first-order valence-corrected chi connectivity index (χ1v) is 9.84. The molecule has 0 aliphatic carbocycles. The molecular weight excluding hydrogens is 391 g/mol. The lowest BCUT2D eigenvalue weighted by atomic mass is 10.1. The molecule has 0 bridgehead atoms. The highest BCUT2D eigenvalue weighted by Gasteiger charge is 2.25. The predicted octanol–water partition coefficient (Wildman–Crippen LogP) is 3.32. The average Bonchev–Trinajstić information content (AvgIpc) is 2.98. The van der Waals surface area contributed by atoms with Crippen molar-refractivity contribution in [1.82, 2.24) is 9.78 Å². The molecule has 1 amide bonds. The van der Waals surface area contributed by atoms with E-state index in [2.05, 4.69) is 10.4 Å². The molecule has 1 aromatic heterocycles. The minimum Gasteiger partial charge on any atom is -0.324 e. The number of anilines is 1. The highest BCUT2D eigenvalue weighted by atomic mass is 35.5. The molecule has 2 atom stereocenters. The Morgan fingerprint density at radius 3 is 2.59 bits per heavy atom. The van der Waals surface area contributed by atoms with Crippen molar-refractivity contribution in [3.05, 3.63) is 76.3 Å². The Hall–Kier alpha value is -2.70. The monoisotopic (exact) mass is 415 g/mol. The number of quaternary nitrogens is 1. The van der Waals surface area contributed by atoms with E-state index in [9.17, 15) is 9.18 Å². The van der Waals surface area contributed by atoms with Crippen molar-refractivity contribution < 1.29 is 14.1 Å². The molecule has 2 aromatic carbocycles. The van der Waals surface area contributed by atoms with Gasteiger partial charge in [-0.15, -0.1) is 0 Å². The quantitative estimate of drug-likeness (QED) is 0.649. The molecule has 7 heteroatoms. The smallest absolute Gasteiger partial charge is 0.282 e. The molecule has 0 fully saturated rings. The maximum atomic E-state index is 13.2. The number of hydrogen-bond donors (Lipinski definition) is 2. The number of amides is 1. The summed E-state index contributed by atoms with van der Waals surface area (Å²) in [6.07, 6.45) is 0. The first-order chi connectivity index (χ1) is 13.8. The highest BCUT2D eigenvalue weighted by molar-refractivity contribution is 6.33. The fourth-order valence-electron chi connectivity index (χ4n) is 3.24. The summed E-state index contributed by atoms with van der Waals surface area (Å²) in [4.78, 5) is 13.7. The van der Waals surface area contributed by atoms with Gasteiger partial charge in [0.15, 0.2) is 6.04 Å². The number of rotatable bonds is 6. The van der Waals surface area contributed by atoms with E-state index in [0.717, 1.165) is 27.5 Å². The second-order valence-electron chi connectivity index (χ2n) is 7.25. The van der Waals surface area contributed by atoms with E-state index < -0.39 is 5.82 Å². The van der Waals surface area contributed by atoms with Crippen LogP contribution in [0.4, 0.5) is 10.1 Å². The second-order valence-corrected chi connectivity index (χ2v) is 7.66. The van der Waals surface area contributed by atoms with Crippen molar-refractivity contribution in [2.45, 2.75) is 33.4 Å². The van der Waals surface area contributed by atoms with Gasteiger partial charge in [0.1, 0.15) is 12.4 Å². The van der Waals surface area contributed by atoms with Gasteiger partial charge in [-0.3, -0.25) is 4.79 Å². The van der Waals surface area contributed by atoms with Gasteiger partial charge >= 0.3 is 0 Å². The van der Waals surface area contributed by atoms with Crippen LogP contribution < -0.4 is 10.2 Å². The van der Waals surface area contributed by atoms with Gasteiger partial charge in [-0.05, 0) is 51.1 Å². The number of carbonyl (C=O) groups excluding carboxylic acids is 1. The minimum absolute atomic E-state index is 0.179. The van der Waals surface area contributed by atoms with Crippen LogP contribution in [0.5, 0.6) is 0 Å². The van der Waals surface area contributed by atoms with Gasteiger partial charge in [-0.25, -0.2) is 9.07 Å². The molecule has 0 spiro atoms. The molecule has 0 aliphatic heterocycles. The maximum absolute atomic E-state index is 13.2. The lowest BCUT2D eigenvalue weighted by molar-refractivity contribution is -0.907. The van der Waals surface area contributed by atoms with Crippen LogP contribution >= 0.6 is 11.6 Å². The van der Waals surface area contributed by atoms with Gasteiger partial charge < -0.3 is 10.2 Å². The zero-order chi connectivity index (χ0) is 21.1. The molecule has 29 heavy (non-hydrogen) atoms. The third-order valence-corrected chi connectivity index (χ3v) is 5.53. The summed E-state index contributed by atoms with van der Waals surface area (Å²) in [7, 11) is 1.97. The summed E-state index contributed by atoms with van der Waals surface area (Å²) < 4.78 is 15.1. The Labute approximate surface area is 175 Å². The number of hydrogen-bond acceptors (Lipinski definition) is 2. The SMILES string of the molecule is Cc1nn(-c2ccccc2)c(C)c1C[NH+](C)[C@H](C)C(=O)Nc1ccc(F)cc1Cl. The zero-order valence-corrected chi connectivity index (χ0v) is 17.7. The Morgan fingerprint density at radius 1 is 1.24 bits per heavy atom. The number of aryl methyl sites for hydroxylation is 1. The van der Waals surface area contributed by atoms with Gasteiger partial charge in [-0.2, -0.15) is 5.10 Å². The first kappa shape index (κ1) is 21.0. The van der Waals surface area contributed by atoms with Crippen LogP contribution in [0.1, 0.15) is 23.9 Å². The van der Waals surface area contributed by atoms with Crippen LogP contribution in [0.2, 0.25) is 5.02 Å². The number of halogens is 2. The van der Waals surface area contributed by atoms with E-state index >= 15 is 0 Å². The Balaban J connectivity index is 1.73. The number of nitrogens with one attached hydrogen (secondary N) is 2. The largest absolute Gasteiger partial charge is 0.324 e. The molecule has 0 saturated heterocycles. The molecule has 5 nitrogen and oxygen atoms in total. The molecule has 152 valence electrons. The summed E-state index contributed by atoms with van der Waals surface area (Å²) in [5.41, 5.74) is 4.53. The van der Waals surface area contributed by atoms with Crippen LogP contribution in [0.15, 0.2) is 48.5 Å². The van der Waals surface area contributed by atoms with Crippen LogP contribution in [-0.4, -0.2) is 28.8 Å². The van der Waals surface area contributed by atoms with E-state index in [1.165, 1.54) is 18.2 Å². The fourth-order valence-corrected chi connectivity index (χ4v) is 3.45.